The van der Waals surface area contributed by atoms with Crippen molar-refractivity contribution in [2.75, 3.05) is 26.7 Å². The number of aromatic nitrogens is 1. The van der Waals surface area contributed by atoms with E-state index in [1.807, 2.05) is 18.7 Å². The van der Waals surface area contributed by atoms with Gasteiger partial charge < -0.3 is 15.2 Å². The number of likely N-dealkylation sites (N-methyl/N-ethyl adjacent to an activating group) is 1. The van der Waals surface area contributed by atoms with Crippen molar-refractivity contribution < 1.29 is 4.79 Å². The van der Waals surface area contributed by atoms with Gasteiger partial charge in [-0.1, -0.05) is 18.2 Å². The lowest BCUT2D eigenvalue weighted by atomic mass is 9.81. The Morgan fingerprint density at radius 3 is 2.88 bits per heavy atom. The fraction of sp³-hybridized carbons (Fsp3) is 0.450. The highest BCUT2D eigenvalue weighted by Crippen LogP contribution is 2.42. The molecule has 5 nitrogen and oxygen atoms in total. The molecule has 6 heteroatoms. The lowest BCUT2D eigenvalue weighted by Crippen LogP contribution is -2.52. The van der Waals surface area contributed by atoms with Crippen LogP contribution in [0.2, 0.25) is 0 Å². The van der Waals surface area contributed by atoms with E-state index in [1.54, 1.807) is 0 Å². The molecule has 2 N–H and O–H groups in total. The Kier molecular flexibility index (Phi) is 4.57. The van der Waals surface area contributed by atoms with Gasteiger partial charge in [0.15, 0.2) is 0 Å². The van der Waals surface area contributed by atoms with Crippen molar-refractivity contribution in [2.24, 2.45) is 0 Å². The summed E-state index contributed by atoms with van der Waals surface area (Å²) in [6, 6.07) is 6.82. The number of benzene rings is 1. The van der Waals surface area contributed by atoms with Crippen molar-refractivity contribution in [1.29, 1.82) is 0 Å². The van der Waals surface area contributed by atoms with Crippen LogP contribution in [-0.4, -0.2) is 59.6 Å². The van der Waals surface area contributed by atoms with Crippen molar-refractivity contribution in [3.8, 4) is 0 Å². The molecule has 26 heavy (non-hydrogen) atoms. The summed E-state index contributed by atoms with van der Waals surface area (Å²) < 4.78 is 1.09. The Bertz CT molecular complexity index is 883. The maximum absolute atomic E-state index is 12.5. The van der Waals surface area contributed by atoms with Crippen molar-refractivity contribution in [3.05, 3.63) is 40.0 Å². The number of hydrogen-bond acceptors (Lipinski definition) is 2. The van der Waals surface area contributed by atoms with Crippen LogP contribution in [-0.2, 0) is 6.42 Å². The monoisotopic (exact) mass is 416 g/mol. The number of H-pyrrole nitrogens is 1. The number of carbonyl (C=O) groups is 1. The number of rotatable bonds is 3. The SMILES string of the molecule is CCN(CC)C(=O)N[C@H]1C=C2c3cccc4[nH]c(Br)c(c34)CC2N(C)C1. The van der Waals surface area contributed by atoms with Crippen LogP contribution in [0.3, 0.4) is 0 Å². The summed E-state index contributed by atoms with van der Waals surface area (Å²) in [6.07, 6.45) is 3.25. The zero-order valence-corrected chi connectivity index (χ0v) is 17.1. The molecule has 1 unspecified atom stereocenters. The van der Waals surface area contributed by atoms with E-state index in [4.69, 9.17) is 0 Å². The van der Waals surface area contributed by atoms with E-state index in [-0.39, 0.29) is 12.1 Å². The molecule has 0 saturated heterocycles. The van der Waals surface area contributed by atoms with E-state index >= 15 is 0 Å². The van der Waals surface area contributed by atoms with E-state index < -0.39 is 0 Å². The lowest BCUT2D eigenvalue weighted by Gasteiger charge is -2.40. The minimum atomic E-state index is 0.0165. The van der Waals surface area contributed by atoms with E-state index in [0.29, 0.717) is 6.04 Å². The smallest absolute Gasteiger partial charge is 0.317 e. The Hall–Kier alpha value is -1.79. The van der Waals surface area contributed by atoms with E-state index in [1.165, 1.54) is 27.6 Å². The molecule has 0 fully saturated rings. The Labute approximate surface area is 162 Å². The average Bonchev–Trinajstić information content (AvgIpc) is 2.94. The van der Waals surface area contributed by atoms with Gasteiger partial charge in [-0.15, -0.1) is 0 Å². The molecule has 1 aromatic heterocycles. The third-order valence-corrected chi connectivity index (χ3v) is 6.38. The van der Waals surface area contributed by atoms with Crippen molar-refractivity contribution in [1.82, 2.24) is 20.1 Å². The van der Waals surface area contributed by atoms with Gasteiger partial charge in [-0.05, 0) is 66.0 Å². The molecule has 1 aliphatic carbocycles. The topological polar surface area (TPSA) is 51.4 Å². The Morgan fingerprint density at radius 2 is 2.15 bits per heavy atom. The molecule has 138 valence electrons. The molecule has 0 saturated carbocycles. The van der Waals surface area contributed by atoms with Gasteiger partial charge in [0, 0.05) is 36.6 Å². The number of nitrogens with one attached hydrogen (secondary N) is 2. The normalized spacial score (nSPS) is 22.1. The van der Waals surface area contributed by atoms with Crippen molar-refractivity contribution in [3.63, 3.8) is 0 Å². The quantitative estimate of drug-likeness (QED) is 0.802. The second kappa shape index (κ2) is 6.74. The van der Waals surface area contributed by atoms with Crippen LogP contribution in [0.25, 0.3) is 16.5 Å². The molecular weight excluding hydrogens is 392 g/mol. The van der Waals surface area contributed by atoms with Gasteiger partial charge in [0.1, 0.15) is 0 Å². The van der Waals surface area contributed by atoms with Crippen LogP contribution in [0.1, 0.15) is 25.0 Å². The van der Waals surface area contributed by atoms with Crippen molar-refractivity contribution in [2.45, 2.75) is 32.4 Å². The van der Waals surface area contributed by atoms with Crippen LogP contribution in [0.5, 0.6) is 0 Å². The second-order valence-electron chi connectivity index (χ2n) is 7.16. The fourth-order valence-corrected chi connectivity index (χ4v) is 4.92. The van der Waals surface area contributed by atoms with E-state index in [9.17, 15) is 4.79 Å². The van der Waals surface area contributed by atoms with Crippen LogP contribution in [0, 0.1) is 0 Å². The predicted octanol–water partition coefficient (Wildman–Crippen LogP) is 3.60. The first-order valence-electron chi connectivity index (χ1n) is 9.30. The molecular formula is C20H25BrN4O. The van der Waals surface area contributed by atoms with Crippen LogP contribution < -0.4 is 5.32 Å². The first-order valence-corrected chi connectivity index (χ1v) is 10.1. The number of aromatic amines is 1. The zero-order valence-electron chi connectivity index (χ0n) is 15.5. The molecule has 2 heterocycles. The third-order valence-electron chi connectivity index (χ3n) is 5.70. The highest BCUT2D eigenvalue weighted by atomic mass is 79.9. The first-order chi connectivity index (χ1) is 12.5. The minimum absolute atomic E-state index is 0.0165. The number of fused-ring (bicyclic) bond motifs is 2. The van der Waals surface area contributed by atoms with E-state index in [2.05, 4.69) is 62.5 Å². The number of halogens is 1. The standard InChI is InChI=1S/C20H25BrN4O/c1-4-25(5-2)20(26)22-12-9-14-13-7-6-8-16-18(13)15(19(21)23-16)10-17(14)24(3)11-12/h6-9,12,17,23H,4-5,10-11H2,1-3H3,(H,22,26)/t12-,17?/m0/s1. The number of amides is 2. The van der Waals surface area contributed by atoms with Crippen LogP contribution in [0.4, 0.5) is 4.79 Å². The molecule has 0 spiro atoms. The first kappa shape index (κ1) is 17.6. The fourth-order valence-electron chi connectivity index (χ4n) is 4.35. The van der Waals surface area contributed by atoms with Crippen LogP contribution in [0.15, 0.2) is 28.9 Å². The highest BCUT2D eigenvalue weighted by molar-refractivity contribution is 9.10. The third kappa shape index (κ3) is 2.76. The minimum Gasteiger partial charge on any atom is -0.349 e. The van der Waals surface area contributed by atoms with Gasteiger partial charge in [-0.2, -0.15) is 0 Å². The molecule has 2 aliphatic rings. The van der Waals surface area contributed by atoms with Gasteiger partial charge in [-0.25, -0.2) is 4.79 Å². The number of nitrogens with zero attached hydrogens (tertiary/aromatic N) is 2. The summed E-state index contributed by atoms with van der Waals surface area (Å²) in [4.78, 5) is 20.1. The van der Waals surface area contributed by atoms with Gasteiger partial charge in [0.2, 0.25) is 0 Å². The summed E-state index contributed by atoms with van der Waals surface area (Å²) >= 11 is 3.69. The lowest BCUT2D eigenvalue weighted by molar-refractivity contribution is 0.193. The van der Waals surface area contributed by atoms with Gasteiger partial charge in [0.25, 0.3) is 0 Å². The largest absolute Gasteiger partial charge is 0.349 e. The average molecular weight is 417 g/mol. The maximum Gasteiger partial charge on any atom is 0.317 e. The highest BCUT2D eigenvalue weighted by Gasteiger charge is 2.35. The van der Waals surface area contributed by atoms with Gasteiger partial charge in [-0.3, -0.25) is 4.90 Å². The van der Waals surface area contributed by atoms with E-state index in [0.717, 1.165) is 30.7 Å². The number of urea groups is 1. The Morgan fingerprint density at radius 1 is 1.38 bits per heavy atom. The summed E-state index contributed by atoms with van der Waals surface area (Å²) in [5.41, 5.74) is 5.13. The molecule has 2 amide bonds. The Balaban J connectivity index is 1.72. The van der Waals surface area contributed by atoms with Crippen molar-refractivity contribution >= 4 is 38.4 Å². The molecule has 1 aromatic carbocycles. The molecule has 0 bridgehead atoms. The second-order valence-corrected chi connectivity index (χ2v) is 7.95. The summed E-state index contributed by atoms with van der Waals surface area (Å²) in [7, 11) is 2.15. The molecule has 4 rings (SSSR count). The molecule has 0 radical (unpaired) electrons. The van der Waals surface area contributed by atoms with Gasteiger partial charge >= 0.3 is 6.03 Å². The summed E-state index contributed by atoms with van der Waals surface area (Å²) in [6.45, 7) is 6.30. The van der Waals surface area contributed by atoms with Crippen LogP contribution >= 0.6 is 15.9 Å². The zero-order chi connectivity index (χ0) is 18.4. The van der Waals surface area contributed by atoms with Gasteiger partial charge in [0.05, 0.1) is 10.6 Å². The molecule has 1 aliphatic heterocycles. The number of hydrogen-bond donors (Lipinski definition) is 2. The predicted molar refractivity (Wildman–Crippen MR) is 109 cm³/mol. The molecule has 2 atom stereocenters. The number of carbonyl (C=O) groups excluding carboxylic acids is 1. The molecule has 2 aromatic rings. The summed E-state index contributed by atoms with van der Waals surface area (Å²) in [5, 5.41) is 4.51. The summed E-state index contributed by atoms with van der Waals surface area (Å²) in [5.74, 6) is 0. The maximum atomic E-state index is 12.5.